The molecule has 4 aliphatic rings. The van der Waals surface area contributed by atoms with Crippen LogP contribution in [-0.2, 0) is 6.54 Å². The smallest absolute Gasteiger partial charge is 0.120 e. The number of hydrogen-bond donors (Lipinski definition) is 3. The lowest BCUT2D eigenvalue weighted by Gasteiger charge is -2.62. The average Bonchev–Trinajstić information content (AvgIpc) is 3.21. The summed E-state index contributed by atoms with van der Waals surface area (Å²) in [6.45, 7) is 13.2. The van der Waals surface area contributed by atoms with Crippen LogP contribution in [0, 0.1) is 52.3 Å². The number of nitrogens with one attached hydrogen (secondary N) is 1. The average molecular weight is 510 g/mol. The molecule has 10 atom stereocenters. The van der Waals surface area contributed by atoms with Crippen molar-refractivity contribution in [1.82, 2.24) is 5.32 Å². The van der Waals surface area contributed by atoms with Gasteiger partial charge in [0.15, 0.2) is 0 Å². The van der Waals surface area contributed by atoms with E-state index in [2.05, 4.69) is 39.9 Å². The molecule has 0 radical (unpaired) electrons. The van der Waals surface area contributed by atoms with E-state index < -0.39 is 0 Å². The van der Waals surface area contributed by atoms with Gasteiger partial charge < -0.3 is 15.5 Å². The van der Waals surface area contributed by atoms with Crippen molar-refractivity contribution < 1.29 is 10.2 Å². The van der Waals surface area contributed by atoms with Gasteiger partial charge in [0.2, 0.25) is 0 Å². The Morgan fingerprint density at radius 3 is 2.46 bits per heavy atom. The second kappa shape index (κ2) is 10.8. The van der Waals surface area contributed by atoms with Crippen LogP contribution in [0.25, 0.3) is 0 Å². The summed E-state index contributed by atoms with van der Waals surface area (Å²) < 4.78 is 0. The molecular formula is C34H55NO2. The van der Waals surface area contributed by atoms with Gasteiger partial charge in [-0.3, -0.25) is 0 Å². The second-order valence-corrected chi connectivity index (χ2v) is 14.8. The molecule has 0 aliphatic heterocycles. The highest BCUT2D eigenvalue weighted by molar-refractivity contribution is 5.31. The minimum absolute atomic E-state index is 0.116. The normalized spacial score (nSPS) is 42.2. The van der Waals surface area contributed by atoms with Gasteiger partial charge in [-0.25, -0.2) is 0 Å². The molecule has 4 saturated carbocycles. The van der Waals surface area contributed by atoms with Crippen LogP contribution < -0.4 is 5.32 Å². The monoisotopic (exact) mass is 509 g/mol. The van der Waals surface area contributed by atoms with Gasteiger partial charge in [-0.1, -0.05) is 72.1 Å². The van der Waals surface area contributed by atoms with E-state index >= 15 is 0 Å². The van der Waals surface area contributed by atoms with E-state index in [1.54, 1.807) is 6.07 Å². The molecule has 0 heterocycles. The summed E-state index contributed by atoms with van der Waals surface area (Å²) in [6.07, 6.45) is 14.4. The van der Waals surface area contributed by atoms with E-state index in [0.29, 0.717) is 29.0 Å². The third-order valence-corrected chi connectivity index (χ3v) is 12.5. The van der Waals surface area contributed by atoms with Crippen molar-refractivity contribution in [3.05, 3.63) is 29.8 Å². The van der Waals surface area contributed by atoms with E-state index in [1.165, 1.54) is 57.8 Å². The van der Waals surface area contributed by atoms with Gasteiger partial charge in [0, 0.05) is 18.2 Å². The number of aromatic hydroxyl groups is 1. The number of phenolic OH excluding ortho intramolecular Hbond substituents is 1. The largest absolute Gasteiger partial charge is 0.508 e. The van der Waals surface area contributed by atoms with Crippen LogP contribution in [0.15, 0.2) is 24.3 Å². The summed E-state index contributed by atoms with van der Waals surface area (Å²) in [5.41, 5.74) is 1.79. The van der Waals surface area contributed by atoms with Crippen LogP contribution in [0.5, 0.6) is 5.75 Å². The van der Waals surface area contributed by atoms with Gasteiger partial charge in [-0.05, 0) is 110 Å². The summed E-state index contributed by atoms with van der Waals surface area (Å²) in [5.74, 6) is 6.20. The Labute approximate surface area is 227 Å². The van der Waals surface area contributed by atoms with Crippen molar-refractivity contribution in [2.75, 3.05) is 0 Å². The summed E-state index contributed by atoms with van der Waals surface area (Å²) in [4.78, 5) is 0. The van der Waals surface area contributed by atoms with Crippen molar-refractivity contribution in [1.29, 1.82) is 0 Å². The molecule has 4 aliphatic carbocycles. The van der Waals surface area contributed by atoms with E-state index in [9.17, 15) is 10.2 Å². The van der Waals surface area contributed by atoms with E-state index in [1.807, 2.05) is 18.2 Å². The molecule has 3 nitrogen and oxygen atoms in total. The van der Waals surface area contributed by atoms with Gasteiger partial charge in [-0.15, -0.1) is 0 Å². The number of aliphatic hydroxyl groups excluding tert-OH is 1. The molecule has 0 bridgehead atoms. The maximum Gasteiger partial charge on any atom is 0.120 e. The van der Waals surface area contributed by atoms with E-state index in [-0.39, 0.29) is 12.1 Å². The van der Waals surface area contributed by atoms with Crippen LogP contribution >= 0.6 is 0 Å². The molecule has 3 N–H and O–H groups in total. The number of rotatable bonds is 8. The SMILES string of the molecule is CC(C)CCCC(C)[C@H]1CCC2C3CCC4CC(O)C(NCc5ccccc5O)C[C@]4(C)C3CC[C@@]21C. The first-order valence-corrected chi connectivity index (χ1v) is 15.8. The third kappa shape index (κ3) is 5.13. The Morgan fingerprint density at radius 1 is 0.946 bits per heavy atom. The fourth-order valence-electron chi connectivity index (χ4n) is 10.4. The summed E-state index contributed by atoms with van der Waals surface area (Å²) in [6, 6.07) is 7.72. The molecule has 1 aromatic rings. The maximum atomic E-state index is 11.1. The summed E-state index contributed by atoms with van der Waals surface area (Å²) in [7, 11) is 0. The molecule has 37 heavy (non-hydrogen) atoms. The zero-order chi connectivity index (χ0) is 26.4. The second-order valence-electron chi connectivity index (χ2n) is 14.8. The number of phenols is 1. The third-order valence-electron chi connectivity index (χ3n) is 12.5. The maximum absolute atomic E-state index is 11.1. The van der Waals surface area contributed by atoms with Crippen LogP contribution in [0.2, 0.25) is 0 Å². The highest BCUT2D eigenvalue weighted by atomic mass is 16.3. The minimum atomic E-state index is -0.281. The topological polar surface area (TPSA) is 52.5 Å². The summed E-state index contributed by atoms with van der Waals surface area (Å²) in [5, 5.41) is 25.0. The van der Waals surface area contributed by atoms with Gasteiger partial charge in [-0.2, -0.15) is 0 Å². The Bertz CT molecular complexity index is 915. The van der Waals surface area contributed by atoms with Gasteiger partial charge in [0.1, 0.15) is 5.75 Å². The van der Waals surface area contributed by atoms with Crippen molar-refractivity contribution in [2.45, 2.75) is 124 Å². The molecule has 4 fully saturated rings. The Balaban J connectivity index is 1.27. The lowest BCUT2D eigenvalue weighted by atomic mass is 9.44. The highest BCUT2D eigenvalue weighted by Crippen LogP contribution is 2.68. The first kappa shape index (κ1) is 27.5. The number of benzene rings is 1. The van der Waals surface area contributed by atoms with Crippen molar-refractivity contribution in [3.63, 3.8) is 0 Å². The number of fused-ring (bicyclic) bond motifs is 5. The molecule has 0 saturated heterocycles. The molecule has 1 aromatic carbocycles. The quantitative estimate of drug-likeness (QED) is 0.333. The van der Waals surface area contributed by atoms with Crippen molar-refractivity contribution in [3.8, 4) is 5.75 Å². The molecule has 208 valence electrons. The molecule has 7 unspecified atom stereocenters. The van der Waals surface area contributed by atoms with Crippen LogP contribution in [-0.4, -0.2) is 22.4 Å². The van der Waals surface area contributed by atoms with Crippen molar-refractivity contribution in [2.24, 2.45) is 52.3 Å². The Morgan fingerprint density at radius 2 is 1.70 bits per heavy atom. The van der Waals surface area contributed by atoms with Crippen LogP contribution in [0.4, 0.5) is 0 Å². The fourth-order valence-corrected chi connectivity index (χ4v) is 10.4. The Hall–Kier alpha value is -1.06. The van der Waals surface area contributed by atoms with Gasteiger partial charge >= 0.3 is 0 Å². The highest BCUT2D eigenvalue weighted by Gasteiger charge is 2.61. The zero-order valence-electron chi connectivity index (χ0n) is 24.4. The molecule has 5 rings (SSSR count). The summed E-state index contributed by atoms with van der Waals surface area (Å²) >= 11 is 0. The molecule has 0 spiro atoms. The number of para-hydroxylation sites is 1. The first-order chi connectivity index (χ1) is 17.6. The standard InChI is InChI=1S/C34H55NO2/c1-22(2)9-8-10-23(3)27-15-16-28-26-14-13-25-19-32(37)30(35-21-24-11-6-7-12-31(24)36)20-34(25,5)29(26)17-18-33(27,28)4/h6-7,11-12,22-23,25-30,32,35-37H,8-10,13-21H2,1-5H3/t23?,25?,26?,27-,28?,29?,30?,32?,33-,34+/m1/s1. The van der Waals surface area contributed by atoms with Gasteiger partial charge in [0.05, 0.1) is 6.10 Å². The van der Waals surface area contributed by atoms with Crippen LogP contribution in [0.1, 0.15) is 111 Å². The molecular weight excluding hydrogens is 454 g/mol. The predicted molar refractivity (Wildman–Crippen MR) is 153 cm³/mol. The fraction of sp³-hybridized carbons (Fsp3) is 0.824. The number of aliphatic hydroxyl groups is 1. The minimum Gasteiger partial charge on any atom is -0.508 e. The van der Waals surface area contributed by atoms with E-state index in [0.717, 1.165) is 53.9 Å². The van der Waals surface area contributed by atoms with Gasteiger partial charge in [0.25, 0.3) is 0 Å². The molecule has 3 heteroatoms. The molecule has 0 aromatic heterocycles. The lowest BCUT2D eigenvalue weighted by molar-refractivity contribution is -0.137. The van der Waals surface area contributed by atoms with Crippen molar-refractivity contribution >= 4 is 0 Å². The first-order valence-electron chi connectivity index (χ1n) is 15.8. The number of hydrogen-bond acceptors (Lipinski definition) is 3. The van der Waals surface area contributed by atoms with E-state index in [4.69, 9.17) is 0 Å². The lowest BCUT2D eigenvalue weighted by Crippen LogP contribution is -2.59. The predicted octanol–water partition coefficient (Wildman–Crippen LogP) is 7.94. The Kier molecular flexibility index (Phi) is 8.06. The zero-order valence-corrected chi connectivity index (χ0v) is 24.4. The molecule has 0 amide bonds. The van der Waals surface area contributed by atoms with Crippen LogP contribution in [0.3, 0.4) is 0 Å².